The molecule has 7 nitrogen and oxygen atoms in total. The highest BCUT2D eigenvalue weighted by atomic mass is 32.1. The topological polar surface area (TPSA) is 63.7 Å². The average Bonchev–Trinajstić information content (AvgIpc) is 3.32. The van der Waals surface area contributed by atoms with Crippen LogP contribution >= 0.6 is 11.3 Å². The predicted octanol–water partition coefficient (Wildman–Crippen LogP) is 2.80. The van der Waals surface area contributed by atoms with E-state index in [4.69, 9.17) is 0 Å². The van der Waals surface area contributed by atoms with E-state index in [2.05, 4.69) is 42.5 Å². The summed E-state index contributed by atoms with van der Waals surface area (Å²) in [6.45, 7) is 8.64. The molecule has 6 rings (SSSR count). The number of piperazine rings is 1. The number of pyridine rings is 1. The molecule has 6 heterocycles. The maximum Gasteiger partial charge on any atom is 0.319 e. The lowest BCUT2D eigenvalue weighted by Crippen LogP contribution is -2.59. The van der Waals surface area contributed by atoms with Gasteiger partial charge in [0.25, 0.3) is 0 Å². The molecule has 0 radical (unpaired) electrons. The highest BCUT2D eigenvalue weighted by molar-refractivity contribution is 7.08. The fourth-order valence-electron chi connectivity index (χ4n) is 5.42. The van der Waals surface area contributed by atoms with Crippen LogP contribution in [0.25, 0.3) is 0 Å². The second-order valence-electron chi connectivity index (χ2n) is 9.02. The molecule has 4 aliphatic rings. The van der Waals surface area contributed by atoms with Crippen molar-refractivity contribution in [3.05, 3.63) is 41.2 Å². The highest BCUT2D eigenvalue weighted by Crippen LogP contribution is 2.36. The Morgan fingerprint density at radius 1 is 1.16 bits per heavy atom. The van der Waals surface area contributed by atoms with E-state index in [1.807, 2.05) is 29.1 Å². The molecule has 2 N–H and O–H groups in total. The molecule has 2 bridgehead atoms. The van der Waals surface area contributed by atoms with Gasteiger partial charge in [-0.15, -0.1) is 0 Å². The Labute approximate surface area is 188 Å². The molecule has 0 aromatic carbocycles. The summed E-state index contributed by atoms with van der Waals surface area (Å²) in [4.78, 5) is 24.3. The summed E-state index contributed by atoms with van der Waals surface area (Å²) in [7, 11) is 0. The average molecular weight is 441 g/mol. The highest BCUT2D eigenvalue weighted by Gasteiger charge is 2.40. The number of fused-ring (bicyclic) bond motifs is 3. The second kappa shape index (κ2) is 9.54. The summed E-state index contributed by atoms with van der Waals surface area (Å²) < 4.78 is 0. The SMILES string of the molecule is O=C(NCC1CC2CCN1CC2CN1CCN(c2ccccn2)CC1)Nc1ccsc1. The van der Waals surface area contributed by atoms with Crippen molar-refractivity contribution in [1.82, 2.24) is 20.1 Å². The summed E-state index contributed by atoms with van der Waals surface area (Å²) in [6.07, 6.45) is 4.39. The number of thiophene rings is 1. The third-order valence-corrected chi connectivity index (χ3v) is 7.81. The smallest absolute Gasteiger partial charge is 0.319 e. The maximum atomic E-state index is 12.2. The zero-order valence-electron chi connectivity index (χ0n) is 17.9. The van der Waals surface area contributed by atoms with Crippen molar-refractivity contribution in [1.29, 1.82) is 0 Å². The lowest BCUT2D eigenvalue weighted by Gasteiger charge is -2.51. The van der Waals surface area contributed by atoms with Gasteiger partial charge in [0.05, 0.1) is 5.69 Å². The van der Waals surface area contributed by atoms with E-state index in [0.29, 0.717) is 6.04 Å². The molecule has 4 saturated heterocycles. The molecule has 2 aromatic heterocycles. The van der Waals surface area contributed by atoms with Crippen LogP contribution in [0.5, 0.6) is 0 Å². The number of hydrogen-bond acceptors (Lipinski definition) is 6. The number of hydrogen-bond donors (Lipinski definition) is 2. The number of amides is 2. The van der Waals surface area contributed by atoms with Crippen LogP contribution in [-0.2, 0) is 0 Å². The van der Waals surface area contributed by atoms with E-state index in [1.165, 1.54) is 32.5 Å². The standard InChI is InChI=1S/C23H32N6OS/c30-23(26-20-5-12-31-17-20)25-14-21-13-18-4-7-29(21)16-19(18)15-27-8-10-28(11-9-27)22-3-1-2-6-24-22/h1-3,5-6,12,17-19,21H,4,7-11,13-16H2,(H2,25,26,30). The van der Waals surface area contributed by atoms with E-state index in [9.17, 15) is 4.79 Å². The van der Waals surface area contributed by atoms with E-state index in [0.717, 1.165) is 56.1 Å². The number of rotatable bonds is 6. The van der Waals surface area contributed by atoms with Gasteiger partial charge in [0, 0.05) is 63.4 Å². The van der Waals surface area contributed by atoms with E-state index < -0.39 is 0 Å². The Morgan fingerprint density at radius 3 is 2.77 bits per heavy atom. The van der Waals surface area contributed by atoms with E-state index in [1.54, 1.807) is 11.3 Å². The van der Waals surface area contributed by atoms with Gasteiger partial charge in [-0.25, -0.2) is 9.78 Å². The Morgan fingerprint density at radius 2 is 2.06 bits per heavy atom. The lowest BCUT2D eigenvalue weighted by molar-refractivity contribution is -0.0114. The number of aromatic nitrogens is 1. The van der Waals surface area contributed by atoms with Crippen molar-refractivity contribution in [3.63, 3.8) is 0 Å². The summed E-state index contributed by atoms with van der Waals surface area (Å²) in [5.74, 6) is 2.64. The largest absolute Gasteiger partial charge is 0.354 e. The van der Waals surface area contributed by atoms with Crippen LogP contribution in [0.4, 0.5) is 16.3 Å². The van der Waals surface area contributed by atoms with Gasteiger partial charge >= 0.3 is 6.03 Å². The van der Waals surface area contributed by atoms with Crippen molar-refractivity contribution in [3.8, 4) is 0 Å². The van der Waals surface area contributed by atoms with Gasteiger partial charge in [-0.1, -0.05) is 6.07 Å². The summed E-state index contributed by atoms with van der Waals surface area (Å²) >= 11 is 1.59. The monoisotopic (exact) mass is 440 g/mol. The minimum Gasteiger partial charge on any atom is -0.354 e. The number of anilines is 2. The van der Waals surface area contributed by atoms with Gasteiger partial charge in [-0.2, -0.15) is 11.3 Å². The van der Waals surface area contributed by atoms with Gasteiger partial charge < -0.3 is 15.5 Å². The van der Waals surface area contributed by atoms with Crippen LogP contribution < -0.4 is 15.5 Å². The minimum atomic E-state index is -0.0941. The van der Waals surface area contributed by atoms with Crippen molar-refractivity contribution in [2.45, 2.75) is 18.9 Å². The Balaban J connectivity index is 1.06. The summed E-state index contributed by atoms with van der Waals surface area (Å²) in [6, 6.07) is 8.47. The molecule has 0 spiro atoms. The third-order valence-electron chi connectivity index (χ3n) is 7.13. The van der Waals surface area contributed by atoms with Gasteiger partial charge in [-0.3, -0.25) is 9.80 Å². The zero-order valence-corrected chi connectivity index (χ0v) is 18.8. The zero-order chi connectivity index (χ0) is 21.0. The maximum absolute atomic E-state index is 12.2. The number of nitrogens with one attached hydrogen (secondary N) is 2. The van der Waals surface area contributed by atoms with Crippen molar-refractivity contribution < 1.29 is 4.79 Å². The first-order chi connectivity index (χ1) is 15.2. The molecule has 2 amide bonds. The van der Waals surface area contributed by atoms with Crippen molar-refractivity contribution in [2.24, 2.45) is 11.8 Å². The molecule has 31 heavy (non-hydrogen) atoms. The first-order valence-corrected chi connectivity index (χ1v) is 12.4. The molecule has 0 saturated carbocycles. The minimum absolute atomic E-state index is 0.0941. The summed E-state index contributed by atoms with van der Waals surface area (Å²) in [5.41, 5.74) is 0.871. The van der Waals surface area contributed by atoms with Crippen LogP contribution in [0.1, 0.15) is 12.8 Å². The molecule has 2 aromatic rings. The Bertz CT molecular complexity index is 839. The van der Waals surface area contributed by atoms with Gasteiger partial charge in [-0.05, 0) is 54.8 Å². The van der Waals surface area contributed by atoms with E-state index in [-0.39, 0.29) is 6.03 Å². The number of urea groups is 1. The van der Waals surface area contributed by atoms with E-state index >= 15 is 0 Å². The van der Waals surface area contributed by atoms with Crippen molar-refractivity contribution >= 4 is 28.9 Å². The lowest BCUT2D eigenvalue weighted by atomic mass is 9.75. The Hall–Kier alpha value is -2.16. The molecule has 166 valence electrons. The number of carbonyl (C=O) groups excluding carboxylic acids is 1. The number of nitrogens with zero attached hydrogens (tertiary/aromatic N) is 4. The van der Waals surface area contributed by atoms with Crippen LogP contribution in [-0.4, -0.2) is 79.2 Å². The molecular formula is C23H32N6OS. The Kier molecular flexibility index (Phi) is 6.38. The predicted molar refractivity (Wildman–Crippen MR) is 126 cm³/mol. The molecular weight excluding hydrogens is 408 g/mol. The quantitative estimate of drug-likeness (QED) is 0.723. The molecule has 0 aliphatic carbocycles. The summed E-state index contributed by atoms with van der Waals surface area (Å²) in [5, 5.41) is 9.92. The molecule has 4 unspecified atom stereocenters. The fourth-order valence-corrected chi connectivity index (χ4v) is 6.01. The first kappa shape index (κ1) is 20.7. The van der Waals surface area contributed by atoms with Gasteiger partial charge in [0.2, 0.25) is 0 Å². The molecule has 8 heteroatoms. The van der Waals surface area contributed by atoms with Crippen LogP contribution in [0.3, 0.4) is 0 Å². The number of carbonyl (C=O) groups is 1. The van der Waals surface area contributed by atoms with Gasteiger partial charge in [0.15, 0.2) is 0 Å². The molecule has 4 atom stereocenters. The van der Waals surface area contributed by atoms with Crippen molar-refractivity contribution in [2.75, 3.05) is 62.6 Å². The van der Waals surface area contributed by atoms with Crippen LogP contribution in [0, 0.1) is 11.8 Å². The molecule has 4 fully saturated rings. The molecule has 4 aliphatic heterocycles. The number of piperidine rings is 3. The van der Waals surface area contributed by atoms with Crippen LogP contribution in [0.15, 0.2) is 41.2 Å². The van der Waals surface area contributed by atoms with Crippen LogP contribution in [0.2, 0.25) is 0 Å². The normalized spacial score (nSPS) is 28.5. The second-order valence-corrected chi connectivity index (χ2v) is 9.80. The first-order valence-electron chi connectivity index (χ1n) is 11.4. The third kappa shape index (κ3) is 5.02. The fraction of sp³-hybridized carbons (Fsp3) is 0.565. The van der Waals surface area contributed by atoms with Gasteiger partial charge in [0.1, 0.15) is 5.82 Å².